The number of carbonyl (C=O) groups excluding carboxylic acids is 4. The van der Waals surface area contributed by atoms with E-state index in [9.17, 15) is 29.1 Å². The van der Waals surface area contributed by atoms with Crippen molar-refractivity contribution in [2.45, 2.75) is 103 Å². The molecule has 2 heterocycles. The Hall–Kier alpha value is -4.44. The first-order valence-corrected chi connectivity index (χ1v) is 20.5. The van der Waals surface area contributed by atoms with Crippen LogP contribution in [0.2, 0.25) is 0 Å². The number of likely N-dealkylation sites (N-methyl/N-ethyl adjacent to an activating group) is 1. The van der Waals surface area contributed by atoms with Gasteiger partial charge in [0.1, 0.15) is 12.1 Å². The Morgan fingerprint density at radius 3 is 2.05 bits per heavy atom. The van der Waals surface area contributed by atoms with E-state index in [4.69, 9.17) is 19.2 Å². The molecule has 1 aromatic rings. The number of amides is 4. The van der Waals surface area contributed by atoms with E-state index in [2.05, 4.69) is 5.32 Å². The van der Waals surface area contributed by atoms with Crippen molar-refractivity contribution in [3.8, 4) is 0 Å². The second-order valence-electron chi connectivity index (χ2n) is 16.1. The summed E-state index contributed by atoms with van der Waals surface area (Å²) in [6.07, 6.45) is 0.0917. The van der Waals surface area contributed by atoms with Crippen molar-refractivity contribution in [1.29, 1.82) is 0 Å². The molecule has 0 aromatic heterocycles. The van der Waals surface area contributed by atoms with Gasteiger partial charge in [-0.1, -0.05) is 71.4 Å². The number of nitrogens with one attached hydrogen (secondary N) is 1. The monoisotopic (exact) mass is 816 g/mol. The van der Waals surface area contributed by atoms with E-state index in [1.165, 1.54) is 19.1 Å². The number of hydrogen-bond acceptors (Lipinski definition) is 9. The minimum atomic E-state index is -0.955. The fourth-order valence-corrected chi connectivity index (χ4v) is 8.19. The fraction of sp³-hybridized carbons (Fsp3) is 0.714. The topological polar surface area (TPSA) is 174 Å². The highest BCUT2D eigenvalue weighted by Gasteiger charge is 2.43. The number of piperazine rings is 1. The summed E-state index contributed by atoms with van der Waals surface area (Å²) in [6.45, 7) is 11.8. The maximum atomic E-state index is 14.5. The van der Waals surface area contributed by atoms with Crippen LogP contribution in [-0.2, 0) is 39.8 Å². The smallest absolute Gasteiger partial charge is 0.407 e. The van der Waals surface area contributed by atoms with E-state index < -0.39 is 54.4 Å². The standard InChI is InChI=1S/C42H69N7O9/c1-12-28(4)36(46(8)39(52)35(27(2)3)44-41(45(6)7)47-21-23-48(24-22-47)42(54)55)33(56-9)26-34(50)49-20-16-19-32(49)37(57-10)29(5)38(51)43-31(40(53)58-11)25-30-17-14-13-15-18-30/h13-15,17-18,27-29,31-33,35-37H,12,16,19-26H2,1-11H3,(H,43,51)(H,54,55)/b44-41-/t28-,29+,31-,32-,33-,35-,36-,37+/m0/s1. The van der Waals surface area contributed by atoms with Gasteiger partial charge in [-0.25, -0.2) is 14.6 Å². The number of benzene rings is 1. The van der Waals surface area contributed by atoms with E-state index in [-0.39, 0.29) is 42.4 Å². The molecule has 0 radical (unpaired) electrons. The number of aliphatic imine (C=N–C) groups is 1. The van der Waals surface area contributed by atoms with Crippen molar-refractivity contribution in [3.63, 3.8) is 0 Å². The first-order chi connectivity index (χ1) is 27.5. The summed E-state index contributed by atoms with van der Waals surface area (Å²) in [5, 5.41) is 12.3. The Morgan fingerprint density at radius 1 is 0.914 bits per heavy atom. The van der Waals surface area contributed by atoms with Gasteiger partial charge in [0, 0.05) is 74.5 Å². The lowest BCUT2D eigenvalue weighted by atomic mass is 9.89. The second kappa shape index (κ2) is 22.6. The number of carboxylic acid groups (broad SMARTS) is 1. The molecule has 0 aliphatic carbocycles. The number of rotatable bonds is 18. The summed E-state index contributed by atoms with van der Waals surface area (Å²) in [5.74, 6) is -1.60. The van der Waals surface area contributed by atoms with Crippen LogP contribution in [-0.4, -0.2) is 177 Å². The summed E-state index contributed by atoms with van der Waals surface area (Å²) in [7, 11) is 9.85. The van der Waals surface area contributed by atoms with E-state index in [0.29, 0.717) is 45.1 Å². The summed E-state index contributed by atoms with van der Waals surface area (Å²) in [6, 6.07) is 6.87. The number of nitrogens with zero attached hydrogens (tertiary/aromatic N) is 6. The van der Waals surface area contributed by atoms with E-state index in [1.54, 1.807) is 30.9 Å². The van der Waals surface area contributed by atoms with Gasteiger partial charge in [0.05, 0.1) is 43.7 Å². The maximum Gasteiger partial charge on any atom is 0.407 e. The molecular weight excluding hydrogens is 747 g/mol. The third-order valence-corrected chi connectivity index (χ3v) is 11.7. The van der Waals surface area contributed by atoms with Crippen LogP contribution in [0.1, 0.15) is 65.9 Å². The van der Waals surface area contributed by atoms with Crippen LogP contribution in [0.4, 0.5) is 4.79 Å². The average Bonchev–Trinajstić information content (AvgIpc) is 3.70. The molecule has 4 amide bonds. The van der Waals surface area contributed by atoms with Crippen molar-refractivity contribution in [3.05, 3.63) is 35.9 Å². The molecule has 2 saturated heterocycles. The minimum Gasteiger partial charge on any atom is -0.467 e. The van der Waals surface area contributed by atoms with Crippen LogP contribution in [0.5, 0.6) is 0 Å². The predicted octanol–water partition coefficient (Wildman–Crippen LogP) is 3.05. The summed E-state index contributed by atoms with van der Waals surface area (Å²) in [5.41, 5.74) is 0.872. The average molecular weight is 816 g/mol. The van der Waals surface area contributed by atoms with Crippen LogP contribution in [0.15, 0.2) is 35.3 Å². The molecule has 2 fully saturated rings. The normalized spacial score (nSPS) is 19.8. The molecule has 0 spiro atoms. The first-order valence-electron chi connectivity index (χ1n) is 20.5. The highest BCUT2D eigenvalue weighted by molar-refractivity contribution is 5.88. The largest absolute Gasteiger partial charge is 0.467 e. The first kappa shape index (κ1) is 47.9. The number of esters is 1. The minimum absolute atomic E-state index is 0.00451. The molecular formula is C42H69N7O9. The third-order valence-electron chi connectivity index (χ3n) is 11.7. The van der Waals surface area contributed by atoms with Gasteiger partial charge in [0.25, 0.3) is 0 Å². The number of hydrogen-bond donors (Lipinski definition) is 2. The Kier molecular flexibility index (Phi) is 18.7. The van der Waals surface area contributed by atoms with Crippen molar-refractivity contribution < 1.29 is 43.3 Å². The number of carbonyl (C=O) groups is 5. The zero-order chi connectivity index (χ0) is 43.3. The van der Waals surface area contributed by atoms with Crippen LogP contribution < -0.4 is 5.32 Å². The molecule has 3 rings (SSSR count). The third kappa shape index (κ3) is 12.3. The zero-order valence-electron chi connectivity index (χ0n) is 36.6. The quantitative estimate of drug-likeness (QED) is 0.127. The number of guanidine groups is 1. The lowest BCUT2D eigenvalue weighted by Crippen LogP contribution is -2.56. The zero-order valence-corrected chi connectivity index (χ0v) is 36.6. The molecule has 0 unspecified atom stereocenters. The molecule has 0 saturated carbocycles. The van der Waals surface area contributed by atoms with Crippen LogP contribution in [0.3, 0.4) is 0 Å². The van der Waals surface area contributed by atoms with Crippen molar-refractivity contribution >= 4 is 35.7 Å². The van der Waals surface area contributed by atoms with Crippen LogP contribution >= 0.6 is 0 Å². The van der Waals surface area contributed by atoms with Gasteiger partial charge in [-0.15, -0.1) is 0 Å². The predicted molar refractivity (Wildman–Crippen MR) is 221 cm³/mol. The van der Waals surface area contributed by atoms with Gasteiger partial charge in [0.2, 0.25) is 17.7 Å². The van der Waals surface area contributed by atoms with Crippen LogP contribution in [0.25, 0.3) is 0 Å². The lowest BCUT2D eigenvalue weighted by Gasteiger charge is -2.41. The summed E-state index contributed by atoms with van der Waals surface area (Å²) >= 11 is 0. The summed E-state index contributed by atoms with van der Waals surface area (Å²) < 4.78 is 17.0. The number of ether oxygens (including phenoxy) is 3. The molecule has 58 heavy (non-hydrogen) atoms. The molecule has 8 atom stereocenters. The SMILES string of the molecule is CC[C@H](C)[C@@H]([C@H](CC(=O)N1CCC[C@H]1[C@H](OC)[C@@H](C)C(=O)N[C@@H](Cc1ccccc1)C(=O)OC)OC)N(C)C(=O)[C@@H](/N=C(/N(C)C)N1CCN(C(=O)O)CC1)C(C)C. The molecule has 2 aliphatic heterocycles. The maximum absolute atomic E-state index is 14.5. The van der Waals surface area contributed by atoms with Crippen LogP contribution in [0, 0.1) is 17.8 Å². The fourth-order valence-electron chi connectivity index (χ4n) is 8.19. The second-order valence-corrected chi connectivity index (χ2v) is 16.1. The van der Waals surface area contributed by atoms with E-state index >= 15 is 0 Å². The van der Waals surface area contributed by atoms with E-state index in [0.717, 1.165) is 18.4 Å². The molecule has 16 heteroatoms. The Labute approximate surface area is 345 Å². The number of methoxy groups -OCH3 is 3. The Morgan fingerprint density at radius 2 is 1.53 bits per heavy atom. The molecule has 1 aromatic carbocycles. The van der Waals surface area contributed by atoms with Crippen molar-refractivity contribution in [1.82, 2.24) is 29.8 Å². The van der Waals surface area contributed by atoms with Gasteiger partial charge in [-0.3, -0.25) is 14.4 Å². The Bertz CT molecular complexity index is 1540. The Balaban J connectivity index is 1.81. The molecule has 2 N–H and O–H groups in total. The van der Waals surface area contributed by atoms with Crippen molar-refractivity contribution in [2.24, 2.45) is 22.7 Å². The van der Waals surface area contributed by atoms with E-state index in [1.807, 2.05) is 81.9 Å². The molecule has 16 nitrogen and oxygen atoms in total. The van der Waals surface area contributed by atoms with Gasteiger partial charge < -0.3 is 49.1 Å². The highest BCUT2D eigenvalue weighted by Crippen LogP contribution is 2.30. The molecule has 0 bridgehead atoms. The van der Waals surface area contributed by atoms with Gasteiger partial charge in [-0.2, -0.15) is 0 Å². The summed E-state index contributed by atoms with van der Waals surface area (Å²) in [4.78, 5) is 80.5. The number of likely N-dealkylation sites (tertiary alicyclic amines) is 1. The van der Waals surface area contributed by atoms with Gasteiger partial charge in [0.15, 0.2) is 5.96 Å². The lowest BCUT2D eigenvalue weighted by molar-refractivity contribution is -0.148. The van der Waals surface area contributed by atoms with Gasteiger partial charge in [-0.05, 0) is 30.2 Å². The van der Waals surface area contributed by atoms with Crippen molar-refractivity contribution in [2.75, 3.05) is 75.2 Å². The molecule has 2 aliphatic rings. The molecule has 326 valence electrons. The highest BCUT2D eigenvalue weighted by atomic mass is 16.5. The van der Waals surface area contributed by atoms with Gasteiger partial charge >= 0.3 is 12.1 Å².